The fraction of sp³-hybridized carbons (Fsp3) is 0.769. The Labute approximate surface area is 108 Å². The Bertz CT molecular complexity index is 294. The molecule has 1 heterocycles. The summed E-state index contributed by atoms with van der Waals surface area (Å²) in [5.41, 5.74) is 2.94. The molecule has 1 aliphatic carbocycles. The van der Waals surface area contributed by atoms with Gasteiger partial charge in [0.15, 0.2) is 0 Å². The van der Waals surface area contributed by atoms with Crippen molar-refractivity contribution in [1.82, 2.24) is 10.3 Å². The van der Waals surface area contributed by atoms with Gasteiger partial charge in [0.25, 0.3) is 0 Å². The van der Waals surface area contributed by atoms with E-state index in [2.05, 4.69) is 22.6 Å². The minimum atomic E-state index is 0.441. The van der Waals surface area contributed by atoms with Crippen molar-refractivity contribution in [2.45, 2.75) is 57.8 Å². The van der Waals surface area contributed by atoms with E-state index in [4.69, 9.17) is 4.74 Å². The molecule has 0 unspecified atom stereocenters. The first-order valence-electron chi connectivity index (χ1n) is 6.60. The van der Waals surface area contributed by atoms with Gasteiger partial charge >= 0.3 is 0 Å². The second-order valence-corrected chi connectivity index (χ2v) is 5.44. The van der Waals surface area contributed by atoms with Crippen molar-refractivity contribution in [3.63, 3.8) is 0 Å². The molecule has 0 aliphatic heterocycles. The van der Waals surface area contributed by atoms with Gasteiger partial charge < -0.3 is 10.1 Å². The van der Waals surface area contributed by atoms with Crippen molar-refractivity contribution >= 4 is 11.3 Å². The summed E-state index contributed by atoms with van der Waals surface area (Å²) < 4.78 is 5.90. The van der Waals surface area contributed by atoms with Gasteiger partial charge in [0.2, 0.25) is 0 Å². The second kappa shape index (κ2) is 7.09. The van der Waals surface area contributed by atoms with Gasteiger partial charge in [0.05, 0.1) is 23.9 Å². The summed E-state index contributed by atoms with van der Waals surface area (Å²) in [6.45, 7) is 4.05. The zero-order valence-electron chi connectivity index (χ0n) is 10.5. The van der Waals surface area contributed by atoms with Crippen LogP contribution in [0.5, 0.6) is 0 Å². The van der Waals surface area contributed by atoms with Crippen LogP contribution in [0.15, 0.2) is 10.9 Å². The average molecular weight is 254 g/mol. The molecule has 4 heteroatoms. The van der Waals surface area contributed by atoms with E-state index in [1.54, 1.807) is 11.3 Å². The van der Waals surface area contributed by atoms with Crippen molar-refractivity contribution in [2.24, 2.45) is 0 Å². The molecular weight excluding hydrogens is 232 g/mol. The van der Waals surface area contributed by atoms with E-state index < -0.39 is 0 Å². The standard InChI is InChI=1S/C13H22N2OS/c1-2-7-14-11-3-5-13(6-4-11)16-8-12-9-17-10-15-12/h9-11,13-14H,2-8H2,1H3. The summed E-state index contributed by atoms with van der Waals surface area (Å²) in [5, 5.41) is 5.66. The Hall–Kier alpha value is -0.450. The van der Waals surface area contributed by atoms with Crippen molar-refractivity contribution in [1.29, 1.82) is 0 Å². The van der Waals surface area contributed by atoms with Crippen LogP contribution in [0, 0.1) is 0 Å². The Balaban J connectivity index is 1.62. The van der Waals surface area contributed by atoms with Crippen molar-refractivity contribution in [3.8, 4) is 0 Å². The predicted octanol–water partition coefficient (Wildman–Crippen LogP) is 2.97. The largest absolute Gasteiger partial charge is 0.372 e. The molecule has 1 N–H and O–H groups in total. The van der Waals surface area contributed by atoms with Crippen LogP contribution in [-0.4, -0.2) is 23.7 Å². The van der Waals surface area contributed by atoms with Crippen molar-refractivity contribution in [3.05, 3.63) is 16.6 Å². The SMILES string of the molecule is CCCNC1CCC(OCc2cscn2)CC1. The van der Waals surface area contributed by atoms with Gasteiger partial charge in [0.1, 0.15) is 0 Å². The number of ether oxygens (including phenoxy) is 1. The lowest BCUT2D eigenvalue weighted by atomic mass is 9.93. The third-order valence-electron chi connectivity index (χ3n) is 3.31. The minimum Gasteiger partial charge on any atom is -0.372 e. The van der Waals surface area contributed by atoms with Gasteiger partial charge in [-0.1, -0.05) is 6.92 Å². The Morgan fingerprint density at radius 1 is 1.41 bits per heavy atom. The van der Waals surface area contributed by atoms with E-state index in [-0.39, 0.29) is 0 Å². The van der Waals surface area contributed by atoms with Crippen LogP contribution < -0.4 is 5.32 Å². The van der Waals surface area contributed by atoms with Crippen LogP contribution >= 0.6 is 11.3 Å². The smallest absolute Gasteiger partial charge is 0.0900 e. The Kier molecular flexibility index (Phi) is 5.42. The molecule has 1 saturated carbocycles. The lowest BCUT2D eigenvalue weighted by Gasteiger charge is -2.29. The predicted molar refractivity (Wildman–Crippen MR) is 71.2 cm³/mol. The number of hydrogen-bond donors (Lipinski definition) is 1. The summed E-state index contributed by atoms with van der Waals surface area (Å²) in [6.07, 6.45) is 6.54. The number of nitrogens with one attached hydrogen (secondary N) is 1. The highest BCUT2D eigenvalue weighted by atomic mass is 32.1. The van der Waals surface area contributed by atoms with Gasteiger partial charge in [0, 0.05) is 11.4 Å². The first-order valence-corrected chi connectivity index (χ1v) is 7.54. The molecule has 0 aromatic carbocycles. The van der Waals surface area contributed by atoms with Crippen LogP contribution in [0.25, 0.3) is 0 Å². The van der Waals surface area contributed by atoms with Gasteiger partial charge in [-0.15, -0.1) is 11.3 Å². The monoisotopic (exact) mass is 254 g/mol. The van der Waals surface area contributed by atoms with Crippen molar-refractivity contribution in [2.75, 3.05) is 6.54 Å². The number of thiazole rings is 1. The lowest BCUT2D eigenvalue weighted by molar-refractivity contribution is 0.0100. The molecule has 2 rings (SSSR count). The summed E-state index contributed by atoms with van der Waals surface area (Å²) in [7, 11) is 0. The summed E-state index contributed by atoms with van der Waals surface area (Å²) in [4.78, 5) is 4.24. The molecule has 1 fully saturated rings. The van der Waals surface area contributed by atoms with Crippen molar-refractivity contribution < 1.29 is 4.74 Å². The molecule has 0 bridgehead atoms. The average Bonchev–Trinajstić information content (AvgIpc) is 2.88. The maximum absolute atomic E-state index is 5.90. The van der Waals surface area contributed by atoms with E-state index in [9.17, 15) is 0 Å². The second-order valence-electron chi connectivity index (χ2n) is 4.72. The van der Waals surface area contributed by atoms with Crippen LogP contribution in [0.1, 0.15) is 44.7 Å². The zero-order chi connectivity index (χ0) is 11.9. The highest BCUT2D eigenvalue weighted by molar-refractivity contribution is 7.07. The Morgan fingerprint density at radius 2 is 2.24 bits per heavy atom. The van der Waals surface area contributed by atoms with E-state index in [0.29, 0.717) is 18.8 Å². The van der Waals surface area contributed by atoms with Gasteiger partial charge in [-0.2, -0.15) is 0 Å². The quantitative estimate of drug-likeness (QED) is 0.847. The van der Waals surface area contributed by atoms with Crippen LogP contribution in [0.4, 0.5) is 0 Å². The molecule has 0 saturated heterocycles. The number of nitrogens with zero attached hydrogens (tertiary/aromatic N) is 1. The van der Waals surface area contributed by atoms with Gasteiger partial charge in [-0.3, -0.25) is 0 Å². The molecule has 0 amide bonds. The fourth-order valence-electron chi connectivity index (χ4n) is 2.29. The molecule has 96 valence electrons. The molecule has 0 radical (unpaired) electrons. The zero-order valence-corrected chi connectivity index (χ0v) is 11.3. The topological polar surface area (TPSA) is 34.1 Å². The van der Waals surface area contributed by atoms with E-state index >= 15 is 0 Å². The van der Waals surface area contributed by atoms with Gasteiger partial charge in [-0.25, -0.2) is 4.98 Å². The first kappa shape index (κ1) is 13.0. The van der Waals surface area contributed by atoms with Gasteiger partial charge in [-0.05, 0) is 38.6 Å². The summed E-state index contributed by atoms with van der Waals surface area (Å²) >= 11 is 1.63. The number of aromatic nitrogens is 1. The molecule has 1 aromatic rings. The maximum Gasteiger partial charge on any atom is 0.0900 e. The fourth-order valence-corrected chi connectivity index (χ4v) is 2.84. The lowest BCUT2D eigenvalue weighted by Crippen LogP contribution is -2.35. The molecule has 0 atom stereocenters. The molecular formula is C13H22N2OS. The van der Waals surface area contributed by atoms with Crippen LogP contribution in [0.2, 0.25) is 0 Å². The van der Waals surface area contributed by atoms with Crippen LogP contribution in [0.3, 0.4) is 0 Å². The maximum atomic E-state index is 5.90. The molecule has 17 heavy (non-hydrogen) atoms. The summed E-state index contributed by atoms with van der Waals surface area (Å²) in [6, 6.07) is 0.717. The van der Waals surface area contributed by atoms with E-state index in [0.717, 1.165) is 12.2 Å². The molecule has 1 aliphatic rings. The minimum absolute atomic E-state index is 0.441. The van der Waals surface area contributed by atoms with Crippen LogP contribution in [-0.2, 0) is 11.3 Å². The Morgan fingerprint density at radius 3 is 2.88 bits per heavy atom. The third-order valence-corrected chi connectivity index (χ3v) is 3.94. The van der Waals surface area contributed by atoms with E-state index in [1.807, 2.05) is 5.51 Å². The molecule has 3 nitrogen and oxygen atoms in total. The summed E-state index contributed by atoms with van der Waals surface area (Å²) in [5.74, 6) is 0. The molecule has 0 spiro atoms. The normalized spacial score (nSPS) is 25.0. The molecule has 1 aromatic heterocycles. The highest BCUT2D eigenvalue weighted by Crippen LogP contribution is 2.22. The number of hydrogen-bond acceptors (Lipinski definition) is 4. The number of rotatable bonds is 6. The highest BCUT2D eigenvalue weighted by Gasteiger charge is 2.21. The first-order chi connectivity index (χ1) is 8.38. The third kappa shape index (κ3) is 4.37. The van der Waals surface area contributed by atoms with E-state index in [1.165, 1.54) is 32.1 Å².